The minimum atomic E-state index is -0.783. The molecule has 1 N–H and O–H groups in total. The molecule has 0 aliphatic heterocycles. The average Bonchev–Trinajstić information content (AvgIpc) is 2.82. The minimum absolute atomic E-state index is 0.396. The molecule has 0 saturated carbocycles. The highest BCUT2D eigenvalue weighted by Gasteiger charge is 2.13. The number of aromatic amines is 1. The summed E-state index contributed by atoms with van der Waals surface area (Å²) < 4.78 is 27.1. The zero-order valence-corrected chi connectivity index (χ0v) is 11.5. The number of halogens is 2. The first-order valence-electron chi connectivity index (χ1n) is 6.83. The fourth-order valence-corrected chi connectivity index (χ4v) is 2.44. The van der Waals surface area contributed by atoms with E-state index >= 15 is 0 Å². The van der Waals surface area contributed by atoms with Gasteiger partial charge in [-0.2, -0.15) is 0 Å². The van der Waals surface area contributed by atoms with Crippen LogP contribution in [0.1, 0.15) is 25.8 Å². The Hall–Kier alpha value is -1.42. The highest BCUT2D eigenvalue weighted by atomic mass is 19.2. The molecule has 2 aromatic rings. The van der Waals surface area contributed by atoms with Crippen LogP contribution < -0.4 is 0 Å². The molecule has 0 fully saturated rings. The number of nitrogens with one attached hydrogen (secondary N) is 1. The Balaban J connectivity index is 2.19. The molecule has 2 rings (SSSR count). The fourth-order valence-electron chi connectivity index (χ4n) is 2.44. The molecule has 1 aromatic carbocycles. The molecule has 0 aliphatic carbocycles. The molecular formula is C15H20F2N2. The Kier molecular flexibility index (Phi) is 4.53. The van der Waals surface area contributed by atoms with Crippen LogP contribution in [0, 0.1) is 11.6 Å². The van der Waals surface area contributed by atoms with Crippen LogP contribution in [0.4, 0.5) is 8.78 Å². The lowest BCUT2D eigenvalue weighted by atomic mass is 10.1. The summed E-state index contributed by atoms with van der Waals surface area (Å²) in [5.41, 5.74) is 1.51. The van der Waals surface area contributed by atoms with Crippen molar-refractivity contribution in [2.75, 3.05) is 19.6 Å². The topological polar surface area (TPSA) is 19.0 Å². The first kappa shape index (κ1) is 14.0. The van der Waals surface area contributed by atoms with Crippen molar-refractivity contribution in [3.63, 3.8) is 0 Å². The van der Waals surface area contributed by atoms with Gasteiger partial charge in [-0.3, -0.25) is 0 Å². The number of fused-ring (bicyclic) bond motifs is 1. The summed E-state index contributed by atoms with van der Waals surface area (Å²) in [6.07, 6.45) is 3.62. The molecule has 0 bridgehead atoms. The maximum absolute atomic E-state index is 13.8. The van der Waals surface area contributed by atoms with E-state index in [2.05, 4.69) is 23.7 Å². The van der Waals surface area contributed by atoms with E-state index in [-0.39, 0.29) is 0 Å². The van der Waals surface area contributed by atoms with Crippen molar-refractivity contribution in [1.29, 1.82) is 0 Å². The van der Waals surface area contributed by atoms with Gasteiger partial charge in [0, 0.05) is 23.6 Å². The van der Waals surface area contributed by atoms with Crippen molar-refractivity contribution >= 4 is 10.9 Å². The largest absolute Gasteiger partial charge is 0.361 e. The summed E-state index contributed by atoms with van der Waals surface area (Å²) in [6, 6.07) is 2.74. The molecule has 0 saturated heterocycles. The molecule has 0 unspecified atom stereocenters. The van der Waals surface area contributed by atoms with E-state index in [9.17, 15) is 8.78 Å². The first-order valence-corrected chi connectivity index (χ1v) is 6.83. The van der Waals surface area contributed by atoms with Crippen LogP contribution >= 0.6 is 0 Å². The van der Waals surface area contributed by atoms with E-state index in [1.165, 1.54) is 0 Å². The summed E-state index contributed by atoms with van der Waals surface area (Å²) in [6.45, 7) is 7.14. The Morgan fingerprint density at radius 1 is 1.16 bits per heavy atom. The number of benzene rings is 1. The van der Waals surface area contributed by atoms with Gasteiger partial charge in [-0.15, -0.1) is 0 Å². The van der Waals surface area contributed by atoms with E-state index in [1.54, 1.807) is 12.3 Å². The fraction of sp³-hybridized carbons (Fsp3) is 0.467. The zero-order valence-electron chi connectivity index (χ0n) is 11.5. The van der Waals surface area contributed by atoms with Crippen molar-refractivity contribution in [2.24, 2.45) is 0 Å². The summed E-state index contributed by atoms with van der Waals surface area (Å²) in [5, 5.41) is 0.396. The number of hydrogen-bond acceptors (Lipinski definition) is 1. The normalized spacial score (nSPS) is 11.6. The van der Waals surface area contributed by atoms with Crippen LogP contribution in [0.3, 0.4) is 0 Å². The molecular weight excluding hydrogens is 246 g/mol. The van der Waals surface area contributed by atoms with Crippen LogP contribution in [-0.2, 0) is 6.42 Å². The van der Waals surface area contributed by atoms with Crippen LogP contribution in [0.25, 0.3) is 10.9 Å². The third kappa shape index (κ3) is 2.95. The van der Waals surface area contributed by atoms with Crippen LogP contribution in [0.15, 0.2) is 18.3 Å². The van der Waals surface area contributed by atoms with E-state index in [4.69, 9.17) is 0 Å². The number of likely N-dealkylation sites (N-methyl/N-ethyl adjacent to an activating group) is 1. The molecule has 0 radical (unpaired) electrons. The maximum Gasteiger partial charge on any atom is 0.168 e. The second kappa shape index (κ2) is 6.15. The van der Waals surface area contributed by atoms with Gasteiger partial charge < -0.3 is 9.88 Å². The number of rotatable bonds is 6. The molecule has 0 amide bonds. The van der Waals surface area contributed by atoms with Gasteiger partial charge in [-0.25, -0.2) is 8.78 Å². The van der Waals surface area contributed by atoms with E-state index in [1.807, 2.05) is 0 Å². The standard InChI is InChI=1S/C15H20F2N2/c1-3-8-19(4-2)9-7-11-10-18-13-6-5-12(16)15(17)14(11)13/h5-6,10,18H,3-4,7-9H2,1-2H3. The van der Waals surface area contributed by atoms with Crippen molar-refractivity contribution in [1.82, 2.24) is 9.88 Å². The van der Waals surface area contributed by atoms with E-state index in [0.717, 1.165) is 44.1 Å². The molecule has 1 aromatic heterocycles. The van der Waals surface area contributed by atoms with Crippen molar-refractivity contribution in [3.8, 4) is 0 Å². The van der Waals surface area contributed by atoms with Crippen molar-refractivity contribution in [2.45, 2.75) is 26.7 Å². The summed E-state index contributed by atoms with van der Waals surface area (Å²) in [7, 11) is 0. The molecule has 0 aliphatic rings. The summed E-state index contributed by atoms with van der Waals surface area (Å²) in [5.74, 6) is -1.53. The predicted molar refractivity (Wildman–Crippen MR) is 74.3 cm³/mol. The third-order valence-corrected chi connectivity index (χ3v) is 3.50. The second-order valence-corrected chi connectivity index (χ2v) is 4.78. The monoisotopic (exact) mass is 266 g/mol. The van der Waals surface area contributed by atoms with Crippen LogP contribution in [-0.4, -0.2) is 29.5 Å². The number of hydrogen-bond donors (Lipinski definition) is 1. The highest BCUT2D eigenvalue weighted by Crippen LogP contribution is 2.24. The van der Waals surface area contributed by atoms with Crippen LogP contribution in [0.2, 0.25) is 0 Å². The van der Waals surface area contributed by atoms with Gasteiger partial charge in [-0.1, -0.05) is 13.8 Å². The lowest BCUT2D eigenvalue weighted by molar-refractivity contribution is 0.292. The summed E-state index contributed by atoms with van der Waals surface area (Å²) >= 11 is 0. The van der Waals surface area contributed by atoms with Gasteiger partial charge in [0.05, 0.1) is 0 Å². The van der Waals surface area contributed by atoms with Crippen molar-refractivity contribution in [3.05, 3.63) is 35.5 Å². The molecule has 104 valence electrons. The Bertz CT molecular complexity index is 548. The van der Waals surface area contributed by atoms with Gasteiger partial charge in [0.15, 0.2) is 11.6 Å². The Labute approximate surface area is 112 Å². The molecule has 4 heteroatoms. The maximum atomic E-state index is 13.8. The first-order chi connectivity index (χ1) is 9.17. The minimum Gasteiger partial charge on any atom is -0.361 e. The highest BCUT2D eigenvalue weighted by molar-refractivity contribution is 5.83. The van der Waals surface area contributed by atoms with Gasteiger partial charge in [0.2, 0.25) is 0 Å². The third-order valence-electron chi connectivity index (χ3n) is 3.50. The average molecular weight is 266 g/mol. The van der Waals surface area contributed by atoms with Crippen LogP contribution in [0.5, 0.6) is 0 Å². The molecule has 19 heavy (non-hydrogen) atoms. The SMILES string of the molecule is CCCN(CC)CCc1c[nH]c2ccc(F)c(F)c12. The summed E-state index contributed by atoms with van der Waals surface area (Å²) in [4.78, 5) is 5.32. The lowest BCUT2D eigenvalue weighted by Crippen LogP contribution is -2.26. The number of H-pyrrole nitrogens is 1. The predicted octanol–water partition coefficient (Wildman–Crippen LogP) is 3.72. The second-order valence-electron chi connectivity index (χ2n) is 4.78. The quantitative estimate of drug-likeness (QED) is 0.844. The van der Waals surface area contributed by atoms with E-state index < -0.39 is 11.6 Å². The number of nitrogens with zero attached hydrogens (tertiary/aromatic N) is 1. The van der Waals surface area contributed by atoms with Crippen molar-refractivity contribution < 1.29 is 8.78 Å². The van der Waals surface area contributed by atoms with Gasteiger partial charge in [0.1, 0.15) is 0 Å². The molecule has 0 spiro atoms. The Morgan fingerprint density at radius 2 is 1.95 bits per heavy atom. The zero-order chi connectivity index (χ0) is 13.8. The smallest absolute Gasteiger partial charge is 0.168 e. The number of aromatic nitrogens is 1. The van der Waals surface area contributed by atoms with Gasteiger partial charge >= 0.3 is 0 Å². The van der Waals surface area contributed by atoms with Gasteiger partial charge in [-0.05, 0) is 43.6 Å². The van der Waals surface area contributed by atoms with Gasteiger partial charge in [0.25, 0.3) is 0 Å². The molecule has 1 heterocycles. The molecule has 2 nitrogen and oxygen atoms in total. The lowest BCUT2D eigenvalue weighted by Gasteiger charge is -2.19. The molecule has 0 atom stereocenters. The Morgan fingerprint density at radius 3 is 2.63 bits per heavy atom. The van der Waals surface area contributed by atoms with E-state index in [0.29, 0.717) is 10.9 Å².